The van der Waals surface area contributed by atoms with E-state index in [1.54, 1.807) is 12.1 Å². The monoisotopic (exact) mass is 271 g/mol. The smallest absolute Gasteiger partial charge is 0.123 e. The van der Waals surface area contributed by atoms with Crippen LogP contribution in [0.4, 0.5) is 4.39 Å². The molecule has 0 radical (unpaired) electrons. The van der Waals surface area contributed by atoms with E-state index < -0.39 is 0 Å². The van der Waals surface area contributed by atoms with Crippen molar-refractivity contribution in [3.63, 3.8) is 0 Å². The van der Waals surface area contributed by atoms with Crippen LogP contribution in [0.3, 0.4) is 0 Å². The van der Waals surface area contributed by atoms with Crippen molar-refractivity contribution >= 4 is 12.4 Å². The third kappa shape index (κ3) is 3.22. The first-order chi connectivity index (χ1) is 8.29. The highest BCUT2D eigenvalue weighted by Gasteiger charge is 2.33. The van der Waals surface area contributed by atoms with Gasteiger partial charge in [0, 0.05) is 12.1 Å². The molecule has 0 aromatic heterocycles. The van der Waals surface area contributed by atoms with Crippen LogP contribution in [0.25, 0.3) is 0 Å². The zero-order valence-electron chi connectivity index (χ0n) is 10.3. The first kappa shape index (κ1) is 13.8. The van der Waals surface area contributed by atoms with Crippen LogP contribution >= 0.6 is 12.4 Å². The van der Waals surface area contributed by atoms with Crippen molar-refractivity contribution in [3.05, 3.63) is 35.6 Å². The molecule has 0 aliphatic carbocycles. The van der Waals surface area contributed by atoms with Crippen LogP contribution in [-0.2, 0) is 11.3 Å². The summed E-state index contributed by atoms with van der Waals surface area (Å²) in [6.45, 7) is 0.602. The van der Waals surface area contributed by atoms with Gasteiger partial charge in [-0.1, -0.05) is 12.1 Å². The van der Waals surface area contributed by atoms with Gasteiger partial charge in [-0.25, -0.2) is 4.39 Å². The van der Waals surface area contributed by atoms with E-state index in [1.807, 2.05) is 0 Å². The minimum Gasteiger partial charge on any atom is -0.373 e. The summed E-state index contributed by atoms with van der Waals surface area (Å²) < 4.78 is 18.7. The predicted octanol–water partition coefficient (Wildman–Crippen LogP) is 3.05. The highest BCUT2D eigenvalue weighted by atomic mass is 35.5. The number of nitrogens with one attached hydrogen (secondary N) is 1. The van der Waals surface area contributed by atoms with E-state index in [-0.39, 0.29) is 18.2 Å². The van der Waals surface area contributed by atoms with Crippen molar-refractivity contribution in [1.82, 2.24) is 5.32 Å². The van der Waals surface area contributed by atoms with E-state index in [4.69, 9.17) is 4.74 Å². The van der Waals surface area contributed by atoms with Crippen LogP contribution in [-0.4, -0.2) is 18.2 Å². The highest BCUT2D eigenvalue weighted by Crippen LogP contribution is 2.28. The normalized spacial score (nSPS) is 29.9. The maximum Gasteiger partial charge on any atom is 0.123 e. The Morgan fingerprint density at radius 2 is 1.72 bits per heavy atom. The summed E-state index contributed by atoms with van der Waals surface area (Å²) in [7, 11) is 0. The molecule has 0 spiro atoms. The van der Waals surface area contributed by atoms with E-state index >= 15 is 0 Å². The maximum atomic E-state index is 12.7. The summed E-state index contributed by atoms with van der Waals surface area (Å²) in [5.41, 5.74) is 1.05. The Hall–Kier alpha value is -0.640. The van der Waals surface area contributed by atoms with Gasteiger partial charge in [0.1, 0.15) is 5.82 Å². The summed E-state index contributed by atoms with van der Waals surface area (Å²) in [5, 5.41) is 3.60. The first-order valence-electron chi connectivity index (χ1n) is 6.42. The lowest BCUT2D eigenvalue weighted by molar-refractivity contribution is 0.00915. The number of halogens is 2. The van der Waals surface area contributed by atoms with Crippen molar-refractivity contribution < 1.29 is 9.13 Å². The average Bonchev–Trinajstić information content (AvgIpc) is 2.68. The molecule has 1 aromatic rings. The van der Waals surface area contributed by atoms with Crippen molar-refractivity contribution in [2.45, 2.75) is 50.5 Å². The fourth-order valence-corrected chi connectivity index (χ4v) is 2.94. The topological polar surface area (TPSA) is 21.3 Å². The predicted molar refractivity (Wildman–Crippen MR) is 71.4 cm³/mol. The summed E-state index contributed by atoms with van der Waals surface area (Å²) >= 11 is 0. The molecule has 2 nitrogen and oxygen atoms in total. The van der Waals surface area contributed by atoms with Gasteiger partial charge in [-0.15, -0.1) is 12.4 Å². The molecule has 100 valence electrons. The van der Waals surface area contributed by atoms with E-state index in [0.717, 1.165) is 18.4 Å². The molecule has 1 N–H and O–H groups in total. The number of ether oxygens (including phenoxy) is 1. The van der Waals surface area contributed by atoms with Gasteiger partial charge < -0.3 is 10.1 Å². The lowest BCUT2D eigenvalue weighted by atomic mass is 10.0. The summed E-state index contributed by atoms with van der Waals surface area (Å²) in [6.07, 6.45) is 5.20. The van der Waals surface area contributed by atoms with Crippen molar-refractivity contribution in [2.75, 3.05) is 0 Å². The minimum absolute atomic E-state index is 0. The molecule has 2 unspecified atom stereocenters. The number of fused-ring (bicyclic) bond motifs is 2. The molecule has 3 rings (SSSR count). The summed E-state index contributed by atoms with van der Waals surface area (Å²) in [5.74, 6) is -0.186. The summed E-state index contributed by atoms with van der Waals surface area (Å²) in [4.78, 5) is 0. The fourth-order valence-electron chi connectivity index (χ4n) is 2.94. The quantitative estimate of drug-likeness (QED) is 0.912. The van der Waals surface area contributed by atoms with Crippen LogP contribution in [0.2, 0.25) is 0 Å². The molecular formula is C14H19ClFNO. The van der Waals surface area contributed by atoms with Gasteiger partial charge in [-0.2, -0.15) is 0 Å². The van der Waals surface area contributed by atoms with Crippen LogP contribution in [0.5, 0.6) is 0 Å². The number of piperidine rings is 1. The Balaban J connectivity index is 0.00000120. The van der Waals surface area contributed by atoms with Crippen LogP contribution in [0, 0.1) is 5.82 Å². The standard InChI is InChI=1S/C14H18FNO.ClH/c15-11-3-1-10(2-4-11)9-17-14-7-12-5-6-13(8-14)16-12;/h1-4,12-14,16H,5-9H2;1H. The number of benzene rings is 1. The van der Waals surface area contributed by atoms with Gasteiger partial charge in [-0.05, 0) is 43.4 Å². The molecule has 0 saturated carbocycles. The Kier molecular flexibility index (Phi) is 4.60. The number of hydrogen-bond donors (Lipinski definition) is 1. The molecule has 2 aliphatic heterocycles. The molecule has 1 aromatic carbocycles. The van der Waals surface area contributed by atoms with Gasteiger partial charge in [0.25, 0.3) is 0 Å². The fraction of sp³-hybridized carbons (Fsp3) is 0.571. The molecule has 0 amide bonds. The zero-order valence-corrected chi connectivity index (χ0v) is 11.1. The largest absolute Gasteiger partial charge is 0.373 e. The highest BCUT2D eigenvalue weighted by molar-refractivity contribution is 5.85. The third-order valence-corrected chi connectivity index (χ3v) is 3.83. The lowest BCUT2D eigenvalue weighted by Crippen LogP contribution is -2.41. The van der Waals surface area contributed by atoms with Gasteiger partial charge in [0.15, 0.2) is 0 Å². The molecular weight excluding hydrogens is 253 g/mol. The second-order valence-electron chi connectivity index (χ2n) is 5.17. The van der Waals surface area contributed by atoms with Crippen molar-refractivity contribution in [3.8, 4) is 0 Å². The van der Waals surface area contributed by atoms with Crippen LogP contribution in [0.1, 0.15) is 31.2 Å². The van der Waals surface area contributed by atoms with Crippen molar-refractivity contribution in [2.24, 2.45) is 0 Å². The Morgan fingerprint density at radius 3 is 2.33 bits per heavy atom. The van der Waals surface area contributed by atoms with Gasteiger partial charge >= 0.3 is 0 Å². The second-order valence-corrected chi connectivity index (χ2v) is 5.17. The summed E-state index contributed by atoms with van der Waals surface area (Å²) in [6, 6.07) is 7.89. The van der Waals surface area contributed by atoms with Crippen LogP contribution < -0.4 is 5.32 Å². The molecule has 4 heteroatoms. The molecule has 18 heavy (non-hydrogen) atoms. The Morgan fingerprint density at radius 1 is 1.11 bits per heavy atom. The van der Waals surface area contributed by atoms with E-state index in [2.05, 4.69) is 5.32 Å². The third-order valence-electron chi connectivity index (χ3n) is 3.83. The maximum absolute atomic E-state index is 12.7. The molecule has 2 bridgehead atoms. The van der Waals surface area contributed by atoms with Crippen molar-refractivity contribution in [1.29, 1.82) is 0 Å². The van der Waals surface area contributed by atoms with Gasteiger partial charge in [0.05, 0.1) is 12.7 Å². The molecule has 2 saturated heterocycles. The molecule has 2 heterocycles. The SMILES string of the molecule is Cl.Fc1ccc(COC2CC3CCC(C2)N3)cc1. The first-order valence-corrected chi connectivity index (χ1v) is 6.42. The number of hydrogen-bond acceptors (Lipinski definition) is 2. The zero-order chi connectivity index (χ0) is 11.7. The Bertz CT molecular complexity index is 372. The second kappa shape index (κ2) is 6.00. The molecule has 2 fully saturated rings. The van der Waals surface area contributed by atoms with E-state index in [0.29, 0.717) is 24.8 Å². The van der Waals surface area contributed by atoms with E-state index in [9.17, 15) is 4.39 Å². The van der Waals surface area contributed by atoms with Gasteiger partial charge in [0.2, 0.25) is 0 Å². The Labute approximate surface area is 113 Å². The van der Waals surface area contributed by atoms with Crippen LogP contribution in [0.15, 0.2) is 24.3 Å². The minimum atomic E-state index is -0.186. The van der Waals surface area contributed by atoms with Gasteiger partial charge in [-0.3, -0.25) is 0 Å². The lowest BCUT2D eigenvalue weighted by Gasteiger charge is -2.29. The molecule has 2 atom stereocenters. The number of rotatable bonds is 3. The molecule has 2 aliphatic rings. The average molecular weight is 272 g/mol. The van der Waals surface area contributed by atoms with E-state index in [1.165, 1.54) is 25.0 Å².